The summed E-state index contributed by atoms with van der Waals surface area (Å²) in [6.45, 7) is 8.52. The molecule has 6 aliphatic rings. The second kappa shape index (κ2) is 15.6. The maximum Gasteiger partial charge on any atom is 0.449 e. The van der Waals surface area contributed by atoms with Gasteiger partial charge >= 0.3 is 12.4 Å². The van der Waals surface area contributed by atoms with Crippen LogP contribution in [-0.4, -0.2) is 131 Å². The van der Waals surface area contributed by atoms with Gasteiger partial charge in [0.15, 0.2) is 11.5 Å². The normalized spacial score (nSPS) is 41.9. The predicted octanol–water partition coefficient (Wildman–Crippen LogP) is 5.67. The molecule has 5 fully saturated rings. The average Bonchev–Trinajstić information content (AvgIpc) is 3.30. The van der Waals surface area contributed by atoms with E-state index in [2.05, 4.69) is 0 Å². The minimum atomic E-state index is -4.98. The Hall–Kier alpha value is -1.66. The number of alkyl halides is 6. The van der Waals surface area contributed by atoms with Crippen LogP contribution in [0.3, 0.4) is 0 Å². The lowest BCUT2D eigenvalue weighted by atomic mass is 9.59. The van der Waals surface area contributed by atoms with Crippen molar-refractivity contribution < 1.29 is 65.7 Å². The zero-order valence-electron chi connectivity index (χ0n) is 31.7. The molecule has 0 aromatic heterocycles. The molecule has 310 valence electrons. The fraction of sp³-hybridized carbons (Fsp3) is 0.895. The number of fused-ring (bicyclic) bond motifs is 1. The minimum absolute atomic E-state index is 0.0326. The molecule has 3 saturated heterocycles. The van der Waals surface area contributed by atoms with Crippen LogP contribution in [0.15, 0.2) is 22.7 Å². The standard InChI is InChI=1S/C38H58F6N2O8/c1-22-5-8-29(35(49)21-52-24(3)7-10-27(22)35)25(31(47)37(39,40)41)19-46-15-13-45(14-16-46)17-18-51-20-26-30-9-6-23(2)28-11-12-34(4,48)54-33(36(28,30)50)53-32(26)38(42,43)44/h22-24,27-30,33,47-50H,5-21H2,1-4H3/b31-25-/t22-,23-,24+,27+,28+,29+,30+,33-,34?,35-,36-/m1/s1. The number of aliphatic hydroxyl groups is 4. The van der Waals surface area contributed by atoms with Gasteiger partial charge in [-0.1, -0.05) is 13.8 Å². The number of allylic oxidation sites excluding steroid dienone is 2. The van der Waals surface area contributed by atoms with Gasteiger partial charge < -0.3 is 39.4 Å². The lowest BCUT2D eigenvalue weighted by Crippen LogP contribution is -2.63. The van der Waals surface area contributed by atoms with Crippen molar-refractivity contribution in [2.75, 3.05) is 59.1 Å². The maximum atomic E-state index is 14.4. The maximum absolute atomic E-state index is 14.4. The summed E-state index contributed by atoms with van der Waals surface area (Å²) in [5, 5.41) is 45.4. The molecule has 10 nitrogen and oxygen atoms in total. The third-order valence-electron chi connectivity index (χ3n) is 13.6. The molecule has 0 aromatic carbocycles. The number of halogens is 6. The number of hydrogen-bond donors (Lipinski definition) is 4. The third kappa shape index (κ3) is 8.32. The third-order valence-corrected chi connectivity index (χ3v) is 13.6. The highest BCUT2D eigenvalue weighted by Crippen LogP contribution is 2.57. The molecular formula is C38H58F6N2O8. The van der Waals surface area contributed by atoms with E-state index in [1.165, 1.54) is 6.92 Å². The van der Waals surface area contributed by atoms with Crippen molar-refractivity contribution >= 4 is 0 Å². The molecule has 6 rings (SSSR count). The van der Waals surface area contributed by atoms with Crippen molar-refractivity contribution in [2.24, 2.45) is 35.5 Å². The lowest BCUT2D eigenvalue weighted by molar-refractivity contribution is -0.346. The van der Waals surface area contributed by atoms with Gasteiger partial charge in [-0.2, -0.15) is 26.3 Å². The number of rotatable bonds is 8. The molecule has 0 aromatic rings. The molecule has 16 heteroatoms. The Morgan fingerprint density at radius 3 is 2.17 bits per heavy atom. The van der Waals surface area contributed by atoms with Crippen molar-refractivity contribution in [3.63, 3.8) is 0 Å². The van der Waals surface area contributed by atoms with Gasteiger partial charge in [0.05, 0.1) is 31.5 Å². The van der Waals surface area contributed by atoms with Crippen molar-refractivity contribution in [2.45, 2.75) is 121 Å². The van der Waals surface area contributed by atoms with E-state index >= 15 is 0 Å². The van der Waals surface area contributed by atoms with Crippen molar-refractivity contribution in [3.05, 3.63) is 22.7 Å². The fourth-order valence-corrected chi connectivity index (χ4v) is 10.5. The summed E-state index contributed by atoms with van der Waals surface area (Å²) in [6.07, 6.45) is -8.14. The van der Waals surface area contributed by atoms with Crippen LogP contribution < -0.4 is 0 Å². The summed E-state index contributed by atoms with van der Waals surface area (Å²) in [4.78, 5) is 3.84. The molecule has 54 heavy (non-hydrogen) atoms. The monoisotopic (exact) mass is 784 g/mol. The van der Waals surface area contributed by atoms with E-state index in [0.29, 0.717) is 71.2 Å². The lowest BCUT2D eigenvalue weighted by Gasteiger charge is -2.54. The summed E-state index contributed by atoms with van der Waals surface area (Å²) < 4.78 is 108. The number of hydrogen-bond acceptors (Lipinski definition) is 10. The van der Waals surface area contributed by atoms with Gasteiger partial charge in [0.1, 0.15) is 5.60 Å². The van der Waals surface area contributed by atoms with Gasteiger partial charge in [-0.05, 0) is 88.0 Å². The molecule has 2 saturated carbocycles. The number of ether oxygens (including phenoxy) is 4. The van der Waals surface area contributed by atoms with Crippen molar-refractivity contribution in [3.8, 4) is 0 Å². The van der Waals surface area contributed by atoms with Gasteiger partial charge in [0.25, 0.3) is 0 Å². The first-order valence-electron chi connectivity index (χ1n) is 19.6. The van der Waals surface area contributed by atoms with Crippen LogP contribution in [-0.2, 0) is 18.9 Å². The van der Waals surface area contributed by atoms with Crippen molar-refractivity contribution in [1.29, 1.82) is 0 Å². The Morgan fingerprint density at radius 1 is 0.852 bits per heavy atom. The molecule has 1 unspecified atom stereocenters. The summed E-state index contributed by atoms with van der Waals surface area (Å²) >= 11 is 0. The smallest absolute Gasteiger partial charge is 0.449 e. The Morgan fingerprint density at radius 2 is 1.50 bits per heavy atom. The summed E-state index contributed by atoms with van der Waals surface area (Å²) in [5.41, 5.74) is -3.72. The minimum Gasteiger partial charge on any atom is -0.504 e. The van der Waals surface area contributed by atoms with Gasteiger partial charge in [-0.25, -0.2) is 0 Å². The van der Waals surface area contributed by atoms with Crippen LogP contribution in [0, 0.1) is 35.5 Å². The summed E-state index contributed by atoms with van der Waals surface area (Å²) in [6, 6.07) is 0. The summed E-state index contributed by atoms with van der Waals surface area (Å²) in [7, 11) is 0. The Balaban J connectivity index is 1.09. The van der Waals surface area contributed by atoms with Crippen molar-refractivity contribution in [1.82, 2.24) is 9.80 Å². The van der Waals surface area contributed by atoms with Gasteiger partial charge in [0, 0.05) is 63.1 Å². The van der Waals surface area contributed by atoms with Gasteiger partial charge in [-0.15, -0.1) is 0 Å². The Bertz CT molecular complexity index is 1400. The number of nitrogens with zero attached hydrogens (tertiary/aromatic N) is 2. The topological polar surface area (TPSA) is 124 Å². The van der Waals surface area contributed by atoms with E-state index in [-0.39, 0.29) is 67.6 Å². The number of piperazine rings is 1. The van der Waals surface area contributed by atoms with E-state index in [9.17, 15) is 46.8 Å². The molecule has 0 radical (unpaired) electrons. The van der Waals surface area contributed by atoms with Crippen LogP contribution in [0.5, 0.6) is 0 Å². The highest BCUT2D eigenvalue weighted by Gasteiger charge is 2.64. The molecule has 4 heterocycles. The average molecular weight is 785 g/mol. The van der Waals surface area contributed by atoms with E-state index in [1.807, 2.05) is 30.6 Å². The highest BCUT2D eigenvalue weighted by molar-refractivity contribution is 5.28. The van der Waals surface area contributed by atoms with Crippen LogP contribution in [0.2, 0.25) is 0 Å². The molecule has 4 N–H and O–H groups in total. The first kappa shape index (κ1) is 42.0. The second-order valence-corrected chi connectivity index (χ2v) is 17.2. The first-order valence-corrected chi connectivity index (χ1v) is 19.6. The first-order chi connectivity index (χ1) is 25.1. The Kier molecular flexibility index (Phi) is 12.1. The highest BCUT2D eigenvalue weighted by atomic mass is 19.4. The molecule has 2 aliphatic carbocycles. The van der Waals surface area contributed by atoms with E-state index in [1.54, 1.807) is 0 Å². The molecular weight excluding hydrogens is 726 g/mol. The largest absolute Gasteiger partial charge is 0.504 e. The van der Waals surface area contributed by atoms with E-state index in [4.69, 9.17) is 18.9 Å². The quantitative estimate of drug-likeness (QED) is 0.139. The zero-order chi connectivity index (χ0) is 39.4. The van der Waals surface area contributed by atoms with Crippen LogP contribution in [0.25, 0.3) is 0 Å². The number of aliphatic hydroxyl groups excluding tert-OH is 1. The molecule has 0 amide bonds. The molecule has 0 spiro atoms. The molecule has 0 bridgehead atoms. The van der Waals surface area contributed by atoms with E-state index < -0.39 is 71.5 Å². The molecule has 11 atom stereocenters. The zero-order valence-corrected chi connectivity index (χ0v) is 31.7. The molecule has 4 aliphatic heterocycles. The Labute approximate surface area is 313 Å². The summed E-state index contributed by atoms with van der Waals surface area (Å²) in [5.74, 6) is -7.22. The van der Waals surface area contributed by atoms with Crippen LogP contribution in [0.1, 0.15) is 79.1 Å². The van der Waals surface area contributed by atoms with Crippen LogP contribution in [0.4, 0.5) is 26.3 Å². The van der Waals surface area contributed by atoms with E-state index in [0.717, 1.165) is 0 Å². The van der Waals surface area contributed by atoms with Gasteiger partial charge in [-0.3, -0.25) is 9.80 Å². The van der Waals surface area contributed by atoms with Gasteiger partial charge in [0.2, 0.25) is 12.0 Å². The second-order valence-electron chi connectivity index (χ2n) is 17.2. The van der Waals surface area contributed by atoms with Crippen LogP contribution >= 0.6 is 0 Å². The fourth-order valence-electron chi connectivity index (χ4n) is 10.5. The SMILES string of the molecule is C[C@@H]1CC[C@@H](/C(CN2CCN(CCOCC3=C(C(F)(F)F)O[C@@H]4OC(C)(O)CC[C@H]5[C@H](C)CC[C@@H]3[C@@]45O)CC2)=C(\O)C(F)(F)F)[C@@]2(O)CO[C@@H](C)CC[C@@H]12. The predicted molar refractivity (Wildman–Crippen MR) is 184 cm³/mol.